The number of nitrogens with one attached hydrogen (secondary N) is 1. The lowest BCUT2D eigenvalue weighted by atomic mass is 9.93. The van der Waals surface area contributed by atoms with Crippen molar-refractivity contribution in [1.29, 1.82) is 0 Å². The molecule has 12 heteroatoms. The standard InChI is InChI=1S/C29H36ClN7O3S/c1-19-18-20(2)26(37(22-8-12-32-13-9-22)27-23(30)6-4-10-33-27)21(3)25(19)29(38)36-16-14-35(15-17-36)28-24(41(31,39)40)7-5-11-34-28/h4-7,10-11,18,22,32H,8-9,12-17H2,1-3H3,(H2,31,39,40). The molecule has 2 aromatic heterocycles. The van der Waals surface area contributed by atoms with E-state index in [2.05, 4.69) is 33.2 Å². The Morgan fingerprint density at radius 2 is 1.68 bits per heavy atom. The summed E-state index contributed by atoms with van der Waals surface area (Å²) in [6.07, 6.45) is 5.16. The molecule has 0 radical (unpaired) electrons. The average molecular weight is 598 g/mol. The Bertz CT molecular complexity index is 1550. The normalized spacial score (nSPS) is 16.6. The molecular formula is C29H36ClN7O3S. The topological polar surface area (TPSA) is 125 Å². The predicted molar refractivity (Wildman–Crippen MR) is 162 cm³/mol. The number of aromatic nitrogens is 2. The van der Waals surface area contributed by atoms with Gasteiger partial charge in [0.15, 0.2) is 5.82 Å². The van der Waals surface area contributed by atoms with Gasteiger partial charge in [-0.2, -0.15) is 0 Å². The van der Waals surface area contributed by atoms with Crippen LogP contribution >= 0.6 is 11.6 Å². The Morgan fingerprint density at radius 1 is 1.02 bits per heavy atom. The number of sulfonamides is 1. The van der Waals surface area contributed by atoms with Gasteiger partial charge in [-0.1, -0.05) is 17.7 Å². The summed E-state index contributed by atoms with van der Waals surface area (Å²) >= 11 is 6.70. The summed E-state index contributed by atoms with van der Waals surface area (Å²) in [5, 5.41) is 9.43. The van der Waals surface area contributed by atoms with Crippen LogP contribution in [0.15, 0.2) is 47.6 Å². The maximum Gasteiger partial charge on any atom is 0.254 e. The number of hydrogen-bond acceptors (Lipinski definition) is 8. The molecule has 1 aromatic carbocycles. The minimum absolute atomic E-state index is 0.0131. The number of piperazine rings is 1. The summed E-state index contributed by atoms with van der Waals surface area (Å²) in [6, 6.07) is 8.94. The molecule has 2 aliphatic rings. The Balaban J connectivity index is 1.47. The third kappa shape index (κ3) is 5.90. The highest BCUT2D eigenvalue weighted by Gasteiger charge is 2.32. The molecule has 218 valence electrons. The summed E-state index contributed by atoms with van der Waals surface area (Å²) < 4.78 is 24.2. The summed E-state index contributed by atoms with van der Waals surface area (Å²) in [7, 11) is -3.93. The average Bonchev–Trinajstić information content (AvgIpc) is 2.96. The number of carbonyl (C=O) groups excluding carboxylic acids is 1. The lowest BCUT2D eigenvalue weighted by molar-refractivity contribution is 0.0745. The van der Waals surface area contributed by atoms with E-state index in [0.717, 1.165) is 48.3 Å². The molecule has 2 saturated heterocycles. The van der Waals surface area contributed by atoms with Crippen molar-refractivity contribution in [2.45, 2.75) is 44.6 Å². The number of primary sulfonamides is 1. The van der Waals surface area contributed by atoms with Gasteiger partial charge in [0, 0.05) is 55.9 Å². The number of carbonyl (C=O) groups is 1. The molecule has 2 aliphatic heterocycles. The van der Waals surface area contributed by atoms with Crippen molar-refractivity contribution < 1.29 is 13.2 Å². The number of nitrogens with zero attached hydrogens (tertiary/aromatic N) is 5. The number of aryl methyl sites for hydroxylation is 2. The van der Waals surface area contributed by atoms with E-state index in [1.165, 1.54) is 6.07 Å². The maximum atomic E-state index is 14.1. The van der Waals surface area contributed by atoms with E-state index in [1.807, 2.05) is 35.8 Å². The van der Waals surface area contributed by atoms with Gasteiger partial charge in [0.1, 0.15) is 10.7 Å². The van der Waals surface area contributed by atoms with E-state index in [0.29, 0.717) is 48.4 Å². The quantitative estimate of drug-likeness (QED) is 0.442. The number of anilines is 3. The SMILES string of the molecule is Cc1cc(C)c(N(c2ncccc2Cl)C2CCNCC2)c(C)c1C(=O)N1CCN(c2ncccc2S(N)(=O)=O)CC1. The van der Waals surface area contributed by atoms with Crippen molar-refractivity contribution in [1.82, 2.24) is 20.2 Å². The van der Waals surface area contributed by atoms with Gasteiger partial charge in [-0.3, -0.25) is 4.79 Å². The lowest BCUT2D eigenvalue weighted by Gasteiger charge is -2.39. The number of halogens is 1. The van der Waals surface area contributed by atoms with Gasteiger partial charge in [0.25, 0.3) is 5.91 Å². The Morgan fingerprint density at radius 3 is 2.34 bits per heavy atom. The second kappa shape index (κ2) is 11.9. The molecule has 4 heterocycles. The second-order valence-electron chi connectivity index (χ2n) is 10.7. The molecule has 0 atom stereocenters. The van der Waals surface area contributed by atoms with E-state index in [-0.39, 0.29) is 16.8 Å². The Labute approximate surface area is 246 Å². The first-order valence-corrected chi connectivity index (χ1v) is 15.7. The van der Waals surface area contributed by atoms with Crippen LogP contribution in [0.4, 0.5) is 17.3 Å². The zero-order chi connectivity index (χ0) is 29.3. The van der Waals surface area contributed by atoms with Crippen molar-refractivity contribution in [2.24, 2.45) is 5.14 Å². The van der Waals surface area contributed by atoms with Crippen molar-refractivity contribution in [3.63, 3.8) is 0 Å². The Hall–Kier alpha value is -3.25. The zero-order valence-corrected chi connectivity index (χ0v) is 25.2. The molecule has 41 heavy (non-hydrogen) atoms. The van der Waals surface area contributed by atoms with E-state index in [4.69, 9.17) is 16.7 Å². The van der Waals surface area contributed by atoms with Gasteiger partial charge in [0.2, 0.25) is 10.0 Å². The summed E-state index contributed by atoms with van der Waals surface area (Å²) in [5.74, 6) is 0.965. The van der Waals surface area contributed by atoms with E-state index >= 15 is 0 Å². The van der Waals surface area contributed by atoms with Crippen molar-refractivity contribution in [3.05, 3.63) is 70.0 Å². The fourth-order valence-corrected chi connectivity index (χ4v) is 6.99. The third-order valence-corrected chi connectivity index (χ3v) is 9.18. The van der Waals surface area contributed by atoms with Gasteiger partial charge in [-0.25, -0.2) is 23.5 Å². The monoisotopic (exact) mass is 597 g/mol. The lowest BCUT2D eigenvalue weighted by Crippen LogP contribution is -2.49. The fraction of sp³-hybridized carbons (Fsp3) is 0.414. The van der Waals surface area contributed by atoms with Gasteiger partial charge in [0.05, 0.1) is 5.02 Å². The summed E-state index contributed by atoms with van der Waals surface area (Å²) in [6.45, 7) is 9.57. The van der Waals surface area contributed by atoms with Crippen molar-refractivity contribution in [3.8, 4) is 0 Å². The molecule has 5 rings (SSSR count). The number of pyridine rings is 2. The van der Waals surface area contributed by atoms with Crippen LogP contribution < -0.4 is 20.3 Å². The molecule has 0 spiro atoms. The predicted octanol–water partition coefficient (Wildman–Crippen LogP) is 3.56. The molecule has 0 saturated carbocycles. The fourth-order valence-electron chi connectivity index (χ4n) is 6.08. The number of nitrogens with two attached hydrogens (primary N) is 1. The number of benzene rings is 1. The van der Waals surface area contributed by atoms with Crippen LogP contribution in [0.3, 0.4) is 0 Å². The minimum atomic E-state index is -3.93. The largest absolute Gasteiger partial charge is 0.352 e. The number of hydrogen-bond donors (Lipinski definition) is 2. The van der Waals surface area contributed by atoms with Gasteiger partial charge < -0.3 is 20.0 Å². The first kappa shape index (κ1) is 29.2. The van der Waals surface area contributed by atoms with Crippen LogP contribution in [0, 0.1) is 20.8 Å². The van der Waals surface area contributed by atoms with Crippen LogP contribution in [-0.4, -0.2) is 74.5 Å². The molecule has 0 bridgehead atoms. The van der Waals surface area contributed by atoms with Gasteiger partial charge >= 0.3 is 0 Å². The molecule has 2 fully saturated rings. The molecule has 1 amide bonds. The summed E-state index contributed by atoms with van der Waals surface area (Å²) in [4.78, 5) is 29.0. The highest BCUT2D eigenvalue weighted by Crippen LogP contribution is 2.40. The highest BCUT2D eigenvalue weighted by atomic mass is 35.5. The van der Waals surface area contributed by atoms with Crippen LogP contribution in [0.1, 0.15) is 39.9 Å². The number of amides is 1. The van der Waals surface area contributed by atoms with Gasteiger partial charge in [-0.15, -0.1) is 0 Å². The molecule has 0 unspecified atom stereocenters. The highest BCUT2D eigenvalue weighted by molar-refractivity contribution is 7.89. The zero-order valence-electron chi connectivity index (χ0n) is 23.6. The third-order valence-electron chi connectivity index (χ3n) is 7.95. The van der Waals surface area contributed by atoms with Crippen LogP contribution in [-0.2, 0) is 10.0 Å². The maximum absolute atomic E-state index is 14.1. The molecular weight excluding hydrogens is 562 g/mol. The van der Waals surface area contributed by atoms with E-state index in [1.54, 1.807) is 18.5 Å². The number of rotatable bonds is 6. The van der Waals surface area contributed by atoms with E-state index < -0.39 is 10.0 Å². The van der Waals surface area contributed by atoms with Crippen LogP contribution in [0.25, 0.3) is 0 Å². The van der Waals surface area contributed by atoms with Crippen LogP contribution in [0.2, 0.25) is 5.02 Å². The van der Waals surface area contributed by atoms with E-state index in [9.17, 15) is 13.2 Å². The first-order valence-electron chi connectivity index (χ1n) is 13.8. The molecule has 10 nitrogen and oxygen atoms in total. The number of piperidine rings is 1. The second-order valence-corrected chi connectivity index (χ2v) is 12.6. The molecule has 0 aliphatic carbocycles. The van der Waals surface area contributed by atoms with Gasteiger partial charge in [-0.05, 0) is 87.7 Å². The first-order chi connectivity index (χ1) is 19.6. The Kier molecular flexibility index (Phi) is 8.51. The van der Waals surface area contributed by atoms with Crippen LogP contribution in [0.5, 0.6) is 0 Å². The van der Waals surface area contributed by atoms with Crippen molar-refractivity contribution in [2.75, 3.05) is 49.1 Å². The van der Waals surface area contributed by atoms with Crippen molar-refractivity contribution >= 4 is 44.9 Å². The molecule has 3 aromatic rings. The minimum Gasteiger partial charge on any atom is -0.352 e. The smallest absolute Gasteiger partial charge is 0.254 e. The summed E-state index contributed by atoms with van der Waals surface area (Å²) in [5.41, 5.74) is 4.52. The molecule has 3 N–H and O–H groups in total.